The Morgan fingerprint density at radius 3 is 2.58 bits per heavy atom. The SMILES string of the molecule is Cc1cc(C)c(C#N)c(N2CCN(Cc3cccc(Cl)c3)CC2)n1. The molecule has 5 heteroatoms. The number of anilines is 1. The summed E-state index contributed by atoms with van der Waals surface area (Å²) in [7, 11) is 0. The zero-order valence-corrected chi connectivity index (χ0v) is 14.8. The van der Waals surface area contributed by atoms with Gasteiger partial charge in [0.2, 0.25) is 0 Å². The molecule has 0 unspecified atom stereocenters. The van der Waals surface area contributed by atoms with Gasteiger partial charge >= 0.3 is 0 Å². The number of aryl methyl sites for hydroxylation is 2. The number of nitriles is 1. The minimum Gasteiger partial charge on any atom is -0.353 e. The average Bonchev–Trinajstić information content (AvgIpc) is 2.55. The third-order valence-corrected chi connectivity index (χ3v) is 4.64. The first-order chi connectivity index (χ1) is 11.6. The summed E-state index contributed by atoms with van der Waals surface area (Å²) in [4.78, 5) is 9.26. The summed E-state index contributed by atoms with van der Waals surface area (Å²) in [6.45, 7) is 8.52. The van der Waals surface area contributed by atoms with Crippen molar-refractivity contribution in [1.82, 2.24) is 9.88 Å². The van der Waals surface area contributed by atoms with Gasteiger partial charge in [0.05, 0.1) is 5.56 Å². The highest BCUT2D eigenvalue weighted by molar-refractivity contribution is 6.30. The molecule has 1 saturated heterocycles. The standard InChI is InChI=1S/C19H21ClN4/c1-14-10-15(2)22-19(18(14)12-21)24-8-6-23(7-9-24)13-16-4-3-5-17(20)11-16/h3-5,10-11H,6-9,13H2,1-2H3. The number of piperazine rings is 1. The van der Waals surface area contributed by atoms with Crippen LogP contribution >= 0.6 is 11.6 Å². The van der Waals surface area contributed by atoms with E-state index in [1.54, 1.807) is 0 Å². The Morgan fingerprint density at radius 2 is 1.92 bits per heavy atom. The van der Waals surface area contributed by atoms with Crippen molar-refractivity contribution >= 4 is 17.4 Å². The quantitative estimate of drug-likeness (QED) is 0.857. The van der Waals surface area contributed by atoms with Gasteiger partial charge in [-0.1, -0.05) is 23.7 Å². The van der Waals surface area contributed by atoms with E-state index in [9.17, 15) is 5.26 Å². The third kappa shape index (κ3) is 3.69. The minimum atomic E-state index is 0.698. The fourth-order valence-corrected chi connectivity index (χ4v) is 3.41. The normalized spacial score (nSPS) is 15.3. The van der Waals surface area contributed by atoms with Gasteiger partial charge in [0.1, 0.15) is 11.9 Å². The van der Waals surface area contributed by atoms with Crippen LogP contribution < -0.4 is 4.90 Å². The van der Waals surface area contributed by atoms with Crippen LogP contribution in [0.5, 0.6) is 0 Å². The van der Waals surface area contributed by atoms with E-state index in [1.807, 2.05) is 38.1 Å². The lowest BCUT2D eigenvalue weighted by Crippen LogP contribution is -2.46. The molecular weight excluding hydrogens is 320 g/mol. The molecule has 2 heterocycles. The molecule has 0 N–H and O–H groups in total. The summed E-state index contributed by atoms with van der Waals surface area (Å²) in [5, 5.41) is 10.2. The van der Waals surface area contributed by atoms with Crippen molar-refractivity contribution in [2.24, 2.45) is 0 Å². The lowest BCUT2D eigenvalue weighted by molar-refractivity contribution is 0.249. The maximum atomic E-state index is 9.45. The van der Waals surface area contributed by atoms with Crippen molar-refractivity contribution in [3.63, 3.8) is 0 Å². The molecular formula is C19H21ClN4. The number of benzene rings is 1. The van der Waals surface area contributed by atoms with E-state index in [0.717, 1.165) is 54.8 Å². The Hall–Kier alpha value is -2.09. The lowest BCUT2D eigenvalue weighted by atomic mass is 10.1. The molecule has 0 bridgehead atoms. The minimum absolute atomic E-state index is 0.698. The zero-order chi connectivity index (χ0) is 17.1. The molecule has 0 spiro atoms. The van der Waals surface area contributed by atoms with E-state index in [0.29, 0.717) is 5.56 Å². The molecule has 0 radical (unpaired) electrons. The molecule has 2 aromatic rings. The van der Waals surface area contributed by atoms with Crippen molar-refractivity contribution in [3.05, 3.63) is 57.7 Å². The summed E-state index contributed by atoms with van der Waals surface area (Å²) in [6, 6.07) is 12.3. The molecule has 1 aliphatic rings. The Balaban J connectivity index is 1.69. The first kappa shape index (κ1) is 16.8. The van der Waals surface area contributed by atoms with Crippen LogP contribution in [0.3, 0.4) is 0 Å². The third-order valence-electron chi connectivity index (χ3n) is 4.40. The van der Waals surface area contributed by atoms with Crippen molar-refractivity contribution in [2.45, 2.75) is 20.4 Å². The van der Waals surface area contributed by atoms with E-state index in [1.165, 1.54) is 5.56 Å². The second-order valence-corrected chi connectivity index (χ2v) is 6.72. The van der Waals surface area contributed by atoms with Crippen molar-refractivity contribution in [3.8, 4) is 6.07 Å². The molecule has 1 aliphatic heterocycles. The van der Waals surface area contributed by atoms with Gasteiger partial charge < -0.3 is 4.90 Å². The van der Waals surface area contributed by atoms with Gasteiger partial charge in [0.25, 0.3) is 0 Å². The molecule has 0 amide bonds. The van der Waals surface area contributed by atoms with Crippen LogP contribution in [0.4, 0.5) is 5.82 Å². The highest BCUT2D eigenvalue weighted by Gasteiger charge is 2.21. The Kier molecular flexibility index (Phi) is 5.03. The van der Waals surface area contributed by atoms with Gasteiger partial charge in [-0.2, -0.15) is 5.26 Å². The molecule has 1 fully saturated rings. The number of halogens is 1. The summed E-state index contributed by atoms with van der Waals surface area (Å²) in [6.07, 6.45) is 0. The van der Waals surface area contributed by atoms with Crippen molar-refractivity contribution < 1.29 is 0 Å². The van der Waals surface area contributed by atoms with Gasteiger partial charge in [0.15, 0.2) is 0 Å². The number of hydrogen-bond donors (Lipinski definition) is 0. The van der Waals surface area contributed by atoms with E-state index >= 15 is 0 Å². The molecule has 0 saturated carbocycles. The number of nitrogens with zero attached hydrogens (tertiary/aromatic N) is 4. The lowest BCUT2D eigenvalue weighted by Gasteiger charge is -2.36. The van der Waals surface area contributed by atoms with Crippen molar-refractivity contribution in [1.29, 1.82) is 5.26 Å². The maximum Gasteiger partial charge on any atom is 0.147 e. The first-order valence-electron chi connectivity index (χ1n) is 8.17. The largest absolute Gasteiger partial charge is 0.353 e. The highest BCUT2D eigenvalue weighted by Crippen LogP contribution is 2.23. The van der Waals surface area contributed by atoms with Gasteiger partial charge in [-0.05, 0) is 43.2 Å². The highest BCUT2D eigenvalue weighted by atomic mass is 35.5. The molecule has 1 aromatic heterocycles. The van der Waals surface area contributed by atoms with E-state index < -0.39 is 0 Å². The number of rotatable bonds is 3. The van der Waals surface area contributed by atoms with E-state index in [2.05, 4.69) is 26.9 Å². The zero-order valence-electron chi connectivity index (χ0n) is 14.1. The summed E-state index contributed by atoms with van der Waals surface area (Å²) >= 11 is 6.06. The smallest absolute Gasteiger partial charge is 0.147 e. The van der Waals surface area contributed by atoms with Crippen LogP contribution in [0.15, 0.2) is 30.3 Å². The number of pyridine rings is 1. The summed E-state index contributed by atoms with van der Waals surface area (Å²) in [5.41, 5.74) is 3.89. The predicted molar refractivity (Wildman–Crippen MR) is 97.4 cm³/mol. The van der Waals surface area contributed by atoms with Gasteiger partial charge in [-0.15, -0.1) is 0 Å². The monoisotopic (exact) mass is 340 g/mol. The molecule has 124 valence electrons. The molecule has 0 aliphatic carbocycles. The van der Waals surface area contributed by atoms with Crippen LogP contribution in [0.1, 0.15) is 22.4 Å². The molecule has 1 aromatic carbocycles. The second kappa shape index (κ2) is 7.21. The Bertz CT molecular complexity index is 773. The van der Waals surface area contributed by atoms with Gasteiger partial charge in [0, 0.05) is 43.4 Å². The predicted octanol–water partition coefficient (Wildman–Crippen LogP) is 3.55. The van der Waals surface area contributed by atoms with Crippen molar-refractivity contribution in [2.75, 3.05) is 31.1 Å². The topological polar surface area (TPSA) is 43.2 Å². The number of hydrogen-bond acceptors (Lipinski definition) is 4. The Labute approximate surface area is 148 Å². The Morgan fingerprint density at radius 1 is 1.17 bits per heavy atom. The number of aromatic nitrogens is 1. The first-order valence-corrected chi connectivity index (χ1v) is 8.54. The van der Waals surface area contributed by atoms with Crippen LogP contribution in [0, 0.1) is 25.2 Å². The average molecular weight is 341 g/mol. The molecule has 24 heavy (non-hydrogen) atoms. The maximum absolute atomic E-state index is 9.45. The van der Waals surface area contributed by atoms with Crippen LogP contribution in [-0.4, -0.2) is 36.1 Å². The van der Waals surface area contributed by atoms with Gasteiger partial charge in [-0.3, -0.25) is 4.90 Å². The fraction of sp³-hybridized carbons (Fsp3) is 0.368. The molecule has 4 nitrogen and oxygen atoms in total. The second-order valence-electron chi connectivity index (χ2n) is 6.28. The van der Waals surface area contributed by atoms with Crippen LogP contribution in [0.2, 0.25) is 5.02 Å². The summed E-state index contributed by atoms with van der Waals surface area (Å²) in [5.74, 6) is 0.831. The molecule has 0 atom stereocenters. The fourth-order valence-electron chi connectivity index (χ4n) is 3.20. The van der Waals surface area contributed by atoms with Crippen LogP contribution in [-0.2, 0) is 6.54 Å². The molecule has 3 rings (SSSR count). The van der Waals surface area contributed by atoms with Gasteiger partial charge in [-0.25, -0.2) is 4.98 Å². The summed E-state index contributed by atoms with van der Waals surface area (Å²) < 4.78 is 0. The van der Waals surface area contributed by atoms with E-state index in [-0.39, 0.29) is 0 Å². The van der Waals surface area contributed by atoms with E-state index in [4.69, 9.17) is 11.6 Å². The van der Waals surface area contributed by atoms with Crippen LogP contribution in [0.25, 0.3) is 0 Å².